The molecule has 0 aliphatic carbocycles. The maximum atomic E-state index is 13.5. The highest BCUT2D eigenvalue weighted by molar-refractivity contribution is 7.85. The number of aryl methyl sites for hydroxylation is 1. The molecule has 6 aromatic heterocycles. The van der Waals surface area contributed by atoms with Crippen LogP contribution in [0, 0.1) is 0 Å². The van der Waals surface area contributed by atoms with E-state index < -0.39 is 33.3 Å². The lowest BCUT2D eigenvalue weighted by atomic mass is 10.1. The van der Waals surface area contributed by atoms with Crippen molar-refractivity contribution < 1.29 is 97.4 Å². The minimum atomic E-state index is -3.72. The molecule has 0 bridgehead atoms. The number of carbonyl (C=O) groups excluding carboxylic acids is 6. The van der Waals surface area contributed by atoms with Gasteiger partial charge in [0.1, 0.15) is 52.7 Å². The van der Waals surface area contributed by atoms with E-state index in [9.17, 15) is 52.5 Å². The van der Waals surface area contributed by atoms with E-state index in [0.717, 1.165) is 0 Å². The Morgan fingerprint density at radius 3 is 1.07 bits per heavy atom. The lowest BCUT2D eigenvalue weighted by molar-refractivity contribution is -0.673. The van der Waals surface area contributed by atoms with Gasteiger partial charge in [-0.05, 0) is 103 Å². The fourth-order valence-corrected chi connectivity index (χ4v) is 10.7. The predicted molar refractivity (Wildman–Crippen MR) is 343 cm³/mol. The third-order valence-corrected chi connectivity index (χ3v) is 15.2. The normalized spacial score (nSPS) is 12.8. The van der Waals surface area contributed by atoms with E-state index in [1.165, 1.54) is 26.1 Å². The number of aromatic hydroxyl groups is 3. The molecule has 486 valence electrons. The lowest BCUT2D eigenvalue weighted by Gasteiger charge is -2.08. The number of rotatable bonds is 8. The molecule has 0 fully saturated rings. The van der Waals surface area contributed by atoms with Gasteiger partial charge >= 0.3 is 5.91 Å². The summed E-state index contributed by atoms with van der Waals surface area (Å²) >= 11 is -2.88. The second kappa shape index (κ2) is 28.7. The Kier molecular flexibility index (Phi) is 20.1. The van der Waals surface area contributed by atoms with Crippen molar-refractivity contribution in [2.75, 3.05) is 6.26 Å². The van der Waals surface area contributed by atoms with Crippen molar-refractivity contribution in [3.8, 4) is 17.2 Å². The highest BCUT2D eigenvalue weighted by Gasteiger charge is 2.38. The lowest BCUT2D eigenvalue weighted by Crippen LogP contribution is -3.00. The van der Waals surface area contributed by atoms with E-state index in [-0.39, 0.29) is 98.5 Å². The van der Waals surface area contributed by atoms with Gasteiger partial charge in [0.25, 0.3) is 27.6 Å². The third-order valence-electron chi connectivity index (χ3n) is 14.8. The number of hydrogen-bond acceptors (Lipinski definition) is 22. The van der Waals surface area contributed by atoms with Crippen molar-refractivity contribution in [3.05, 3.63) is 270 Å². The van der Waals surface area contributed by atoms with Gasteiger partial charge in [-0.25, -0.2) is 27.6 Å². The van der Waals surface area contributed by atoms with E-state index in [2.05, 4.69) is 33.6 Å². The standard InChI is InChI=1S/C23H15N3O3.2C22H13N3O3.CH4O4S.ClH.H2O4S/c1-25-13-7-6-12-18(25)23(29)26-17-11-5-3-9-15(17)22(28)20(26)19-21(27)14-8-2-4-10-16(14)24-19;2*26-20-13-7-1-3-9-15(13)24-18(20)19-21(27)14-8-2-4-11-17(14)25(19)22(28)16-10-5-6-12-23-16;1-6(3,4)5-2;;1-4-5(2)3/h2-13H,1H3;2*1-12,27H;2H,1H3;1H;1H,(H,2,3)/p-3. The number of aliphatic imine (C=N–C) groups is 3. The molecule has 0 saturated heterocycles. The number of halogens is 1. The molecule has 3 N–H and O–H groups in total. The van der Waals surface area contributed by atoms with Crippen molar-refractivity contribution >= 4 is 123 Å². The first-order valence-electron chi connectivity index (χ1n) is 28.2. The van der Waals surface area contributed by atoms with Crippen LogP contribution in [0.5, 0.6) is 17.2 Å². The Hall–Kier alpha value is -12.0. The zero-order valence-electron chi connectivity index (χ0n) is 50.1. The molecule has 0 amide bonds. The highest BCUT2D eigenvalue weighted by atomic mass is 35.5. The second-order valence-corrected chi connectivity index (χ2v) is 22.7. The average Bonchev–Trinajstić information content (AvgIpc) is 1.60. The number of ketones is 3. The Morgan fingerprint density at radius 1 is 0.474 bits per heavy atom. The minimum absolute atomic E-state index is 0. The van der Waals surface area contributed by atoms with Crippen molar-refractivity contribution in [1.29, 1.82) is 0 Å². The van der Waals surface area contributed by atoms with Crippen LogP contribution >= 0.6 is 0 Å². The number of carbonyl (C=O) groups is 6. The van der Waals surface area contributed by atoms with Crippen LogP contribution in [0.1, 0.15) is 79.6 Å². The topological polar surface area (TPSA) is 383 Å². The Morgan fingerprint density at radius 2 is 0.773 bits per heavy atom. The number of Topliss-reactive ketones (excluding diaryl/α,β-unsaturated/α-hetero) is 3. The molecule has 12 aromatic rings. The summed E-state index contributed by atoms with van der Waals surface area (Å²) in [6.07, 6.45) is 5.49. The van der Waals surface area contributed by atoms with Crippen molar-refractivity contribution in [3.63, 3.8) is 0 Å². The van der Waals surface area contributed by atoms with Gasteiger partial charge in [-0.3, -0.25) is 52.4 Å². The molecular formula is C68H45ClN9O17S2-3. The monoisotopic (exact) mass is 1360 g/mol. The zero-order chi connectivity index (χ0) is 68.1. The van der Waals surface area contributed by atoms with Crippen LogP contribution in [0.2, 0.25) is 0 Å². The third kappa shape index (κ3) is 13.3. The summed E-state index contributed by atoms with van der Waals surface area (Å²) in [5.41, 5.74) is 5.63. The molecule has 3 aliphatic heterocycles. The van der Waals surface area contributed by atoms with E-state index >= 15 is 0 Å². The molecule has 1 unspecified atom stereocenters. The summed E-state index contributed by atoms with van der Waals surface area (Å²) in [5.74, 6) is -2.66. The summed E-state index contributed by atoms with van der Waals surface area (Å²) in [5, 5.41) is 51.6. The largest absolute Gasteiger partial charge is 1.00 e. The molecule has 6 aromatic carbocycles. The molecular weight excluding hydrogens is 1310 g/mol. The van der Waals surface area contributed by atoms with Gasteiger partial charge < -0.3 is 51.5 Å². The van der Waals surface area contributed by atoms with E-state index in [4.69, 9.17) is 19.3 Å². The molecule has 9 heterocycles. The number of fused-ring (bicyclic) bond motifs is 6. The van der Waals surface area contributed by atoms with Gasteiger partial charge in [0, 0.05) is 57.4 Å². The SMILES string of the molecule is CS(=O)(=O)O[O-].C[n+]1ccccc1C(=O)n1c(C2=Nc3ccccc3C2=O)c(O)c2ccccc21.O=C1C(c2c(O)c3ccccc3n2C(=O)c2ccccn2)=Nc2ccccc21.O=C1C(c2c(O)c3ccccc3n2C(=O)c2ccccn2)=Nc2ccccc21.O=S([O-])O[O-].[Cl-]. The van der Waals surface area contributed by atoms with Crippen LogP contribution in [0.4, 0.5) is 17.1 Å². The van der Waals surface area contributed by atoms with E-state index in [1.807, 2.05) is 6.07 Å². The maximum absolute atomic E-state index is 13.5. The molecule has 0 radical (unpaired) electrons. The molecule has 29 heteroatoms. The van der Waals surface area contributed by atoms with Crippen LogP contribution in [-0.4, -0.2) is 115 Å². The van der Waals surface area contributed by atoms with Crippen molar-refractivity contribution in [1.82, 2.24) is 23.7 Å². The Labute approximate surface area is 556 Å². The van der Waals surface area contributed by atoms with Gasteiger partial charge in [0.05, 0.1) is 51.2 Å². The fourth-order valence-electron chi connectivity index (χ4n) is 10.7. The summed E-state index contributed by atoms with van der Waals surface area (Å²) in [6.45, 7) is 0. The number of nitrogens with zero attached hydrogens (tertiary/aromatic N) is 9. The first kappa shape index (κ1) is 67.9. The quantitative estimate of drug-likeness (QED) is 0.0838. The molecule has 97 heavy (non-hydrogen) atoms. The summed E-state index contributed by atoms with van der Waals surface area (Å²) in [7, 11) is -1.95. The van der Waals surface area contributed by atoms with Gasteiger partial charge in [-0.2, -0.15) is 4.57 Å². The summed E-state index contributed by atoms with van der Waals surface area (Å²) < 4.78 is 47.4. The van der Waals surface area contributed by atoms with Crippen LogP contribution in [0.15, 0.2) is 234 Å². The van der Waals surface area contributed by atoms with Crippen LogP contribution in [0.3, 0.4) is 0 Å². The number of para-hydroxylation sites is 6. The molecule has 3 aliphatic rings. The van der Waals surface area contributed by atoms with Crippen LogP contribution in [-0.2, 0) is 37.2 Å². The first-order chi connectivity index (χ1) is 46.2. The molecule has 26 nitrogen and oxygen atoms in total. The second-order valence-electron chi connectivity index (χ2n) is 20.7. The van der Waals surface area contributed by atoms with Crippen molar-refractivity contribution in [2.24, 2.45) is 22.0 Å². The number of benzene rings is 6. The zero-order valence-corrected chi connectivity index (χ0v) is 52.5. The van der Waals surface area contributed by atoms with Crippen molar-refractivity contribution in [2.45, 2.75) is 0 Å². The first-order valence-corrected chi connectivity index (χ1v) is 31.0. The number of hydrogen-bond donors (Lipinski definition) is 3. The van der Waals surface area contributed by atoms with E-state index in [0.29, 0.717) is 78.4 Å². The van der Waals surface area contributed by atoms with Gasteiger partial charge in [0.2, 0.25) is 17.3 Å². The molecule has 15 rings (SSSR count). The van der Waals surface area contributed by atoms with E-state index in [1.54, 1.807) is 212 Å². The van der Waals surface area contributed by atoms with Crippen LogP contribution < -0.4 is 27.5 Å². The smallest absolute Gasteiger partial charge is 0.327 e. The Balaban J connectivity index is 0.000000146. The molecule has 0 spiro atoms. The number of pyridine rings is 3. The molecule has 0 saturated carbocycles. The fraction of sp³-hybridized carbons (Fsp3) is 0.0294. The predicted octanol–water partition coefficient (Wildman–Crippen LogP) is 3.99. The summed E-state index contributed by atoms with van der Waals surface area (Å²) in [4.78, 5) is 100. The number of aromatic nitrogens is 6. The Bertz CT molecular complexity index is 5220. The summed E-state index contributed by atoms with van der Waals surface area (Å²) in [6, 6.07) is 57.1. The van der Waals surface area contributed by atoms with Gasteiger partial charge in [0.15, 0.2) is 23.4 Å². The highest BCUT2D eigenvalue weighted by Crippen LogP contribution is 2.41. The minimum Gasteiger partial charge on any atom is -1.00 e. The van der Waals surface area contributed by atoms with Crippen LogP contribution in [0.25, 0.3) is 32.7 Å². The van der Waals surface area contributed by atoms with Gasteiger partial charge in [-0.15, -0.1) is 0 Å². The maximum Gasteiger partial charge on any atom is 0.327 e. The average molecular weight is 1360 g/mol. The molecule has 1 atom stereocenters. The van der Waals surface area contributed by atoms with Gasteiger partial charge in [-0.1, -0.05) is 84.9 Å².